The number of hydrogen-bond acceptors (Lipinski definition) is 5. The second-order valence-electron chi connectivity index (χ2n) is 7.18. The van der Waals surface area contributed by atoms with Gasteiger partial charge in [-0.05, 0) is 38.0 Å². The predicted molar refractivity (Wildman–Crippen MR) is 107 cm³/mol. The zero-order chi connectivity index (χ0) is 19.4. The number of nitrogens with one attached hydrogen (secondary N) is 1. The Hall–Kier alpha value is -2.41. The van der Waals surface area contributed by atoms with Crippen molar-refractivity contribution < 1.29 is 13.2 Å². The normalized spacial score (nSPS) is 18.4. The quantitative estimate of drug-likeness (QED) is 0.823. The van der Waals surface area contributed by atoms with E-state index in [2.05, 4.69) is 41.2 Å². The number of carbonyl (C=O) groups excluding carboxylic acids is 1. The van der Waals surface area contributed by atoms with Crippen LogP contribution in [0.5, 0.6) is 0 Å². The van der Waals surface area contributed by atoms with Gasteiger partial charge in [-0.25, -0.2) is 8.42 Å². The Morgan fingerprint density at radius 2 is 2.00 bits per heavy atom. The van der Waals surface area contributed by atoms with Gasteiger partial charge in [0.05, 0.1) is 11.5 Å². The molecule has 1 fully saturated rings. The third-order valence-corrected chi connectivity index (χ3v) is 6.46. The molecule has 1 aromatic carbocycles. The molecule has 3 rings (SSSR count). The molecule has 1 N–H and O–H groups in total. The van der Waals surface area contributed by atoms with Crippen LogP contribution in [-0.4, -0.2) is 42.9 Å². The number of sulfone groups is 1. The molecule has 0 bridgehead atoms. The van der Waals surface area contributed by atoms with Gasteiger partial charge in [0.1, 0.15) is 5.69 Å². The Bertz CT molecular complexity index is 898. The second-order valence-corrected chi connectivity index (χ2v) is 9.41. The molecule has 0 spiro atoms. The van der Waals surface area contributed by atoms with Crippen LogP contribution >= 0.6 is 0 Å². The van der Waals surface area contributed by atoms with Gasteiger partial charge in [0.25, 0.3) is 5.91 Å². The van der Waals surface area contributed by atoms with Crippen molar-refractivity contribution in [1.29, 1.82) is 0 Å². The van der Waals surface area contributed by atoms with E-state index in [1.165, 1.54) is 5.56 Å². The predicted octanol–water partition coefficient (Wildman–Crippen LogP) is 2.41. The van der Waals surface area contributed by atoms with Gasteiger partial charge in [-0.2, -0.15) is 0 Å². The largest absolute Gasteiger partial charge is 0.365 e. The van der Waals surface area contributed by atoms with Crippen molar-refractivity contribution in [3.8, 4) is 0 Å². The molecule has 0 aliphatic carbocycles. The number of anilines is 1. The average Bonchev–Trinajstić information content (AvgIpc) is 2.98. The first-order valence-electron chi connectivity index (χ1n) is 9.12. The Morgan fingerprint density at radius 3 is 2.63 bits per heavy atom. The third-order valence-electron chi connectivity index (χ3n) is 4.69. The van der Waals surface area contributed by atoms with Gasteiger partial charge in [-0.1, -0.05) is 30.3 Å². The highest BCUT2D eigenvalue weighted by molar-refractivity contribution is 7.91. The summed E-state index contributed by atoms with van der Waals surface area (Å²) in [7, 11) is -3.03. The van der Waals surface area contributed by atoms with Crippen LogP contribution in [-0.2, 0) is 16.4 Å². The molecule has 0 saturated carbocycles. The summed E-state index contributed by atoms with van der Waals surface area (Å²) < 4.78 is 23.2. The Balaban J connectivity index is 1.75. The summed E-state index contributed by atoms with van der Waals surface area (Å²) in [4.78, 5) is 18.9. The average molecular weight is 388 g/mol. The van der Waals surface area contributed by atoms with E-state index >= 15 is 0 Å². The van der Waals surface area contributed by atoms with Gasteiger partial charge in [0, 0.05) is 30.5 Å². The number of rotatable bonds is 6. The molecular weight excluding hydrogens is 362 g/mol. The summed E-state index contributed by atoms with van der Waals surface area (Å²) in [6.45, 7) is 4.93. The van der Waals surface area contributed by atoms with E-state index in [1.807, 2.05) is 24.3 Å². The molecule has 6 nitrogen and oxygen atoms in total. The van der Waals surface area contributed by atoms with Crippen molar-refractivity contribution in [2.75, 3.05) is 16.4 Å². The lowest BCUT2D eigenvalue weighted by atomic mass is 10.1. The molecule has 1 amide bonds. The molecule has 1 unspecified atom stereocenters. The van der Waals surface area contributed by atoms with Gasteiger partial charge in [0.15, 0.2) is 9.84 Å². The first-order valence-corrected chi connectivity index (χ1v) is 10.9. The van der Waals surface area contributed by atoms with Crippen LogP contribution in [0.4, 0.5) is 5.69 Å². The van der Waals surface area contributed by atoms with Crippen molar-refractivity contribution in [3.63, 3.8) is 0 Å². The van der Waals surface area contributed by atoms with Crippen molar-refractivity contribution in [2.24, 2.45) is 0 Å². The highest BCUT2D eigenvalue weighted by Crippen LogP contribution is 2.21. The maximum absolute atomic E-state index is 12.5. The van der Waals surface area contributed by atoms with E-state index in [1.54, 1.807) is 12.3 Å². The van der Waals surface area contributed by atoms with Crippen LogP contribution in [0.2, 0.25) is 0 Å². The fourth-order valence-electron chi connectivity index (χ4n) is 3.24. The first-order chi connectivity index (χ1) is 12.8. The number of carbonyl (C=O) groups is 1. The fraction of sp³-hybridized carbons (Fsp3) is 0.400. The zero-order valence-corrected chi connectivity index (χ0v) is 16.4. The highest BCUT2D eigenvalue weighted by Gasteiger charge is 2.29. The zero-order valence-electron chi connectivity index (χ0n) is 15.6. The topological polar surface area (TPSA) is 79.4 Å². The van der Waals surface area contributed by atoms with Gasteiger partial charge in [0.2, 0.25) is 0 Å². The van der Waals surface area contributed by atoms with Crippen LogP contribution < -0.4 is 10.2 Å². The Kier molecular flexibility index (Phi) is 5.79. The monoisotopic (exact) mass is 387 g/mol. The number of hydrogen-bond donors (Lipinski definition) is 1. The summed E-state index contributed by atoms with van der Waals surface area (Å²) in [5.41, 5.74) is 2.40. The fourth-order valence-corrected chi connectivity index (χ4v) is 4.92. The first kappa shape index (κ1) is 19.4. The molecule has 144 valence electrons. The lowest BCUT2D eigenvalue weighted by Crippen LogP contribution is -2.36. The van der Waals surface area contributed by atoms with E-state index in [-0.39, 0.29) is 29.5 Å². The molecule has 1 aliphatic heterocycles. The van der Waals surface area contributed by atoms with Crippen LogP contribution in [0.15, 0.2) is 48.7 Å². The van der Waals surface area contributed by atoms with Crippen LogP contribution in [0, 0.1) is 0 Å². The summed E-state index contributed by atoms with van der Waals surface area (Å²) in [6, 6.07) is 13.7. The maximum Gasteiger partial charge on any atom is 0.270 e. The number of amides is 1. The lowest BCUT2D eigenvalue weighted by molar-refractivity contribution is 0.0936. The molecule has 0 radical (unpaired) electrons. The number of pyridine rings is 1. The minimum absolute atomic E-state index is 0.00452. The van der Waals surface area contributed by atoms with E-state index in [9.17, 15) is 13.2 Å². The van der Waals surface area contributed by atoms with E-state index in [0.717, 1.165) is 12.2 Å². The van der Waals surface area contributed by atoms with Crippen LogP contribution in [0.25, 0.3) is 0 Å². The van der Waals surface area contributed by atoms with E-state index in [4.69, 9.17) is 0 Å². The number of benzene rings is 1. The summed E-state index contributed by atoms with van der Waals surface area (Å²) in [6.07, 6.45) is 2.08. The van der Waals surface area contributed by atoms with Crippen molar-refractivity contribution in [2.45, 2.75) is 38.9 Å². The lowest BCUT2D eigenvalue weighted by Gasteiger charge is -2.29. The molecule has 7 heteroatoms. The van der Waals surface area contributed by atoms with Gasteiger partial charge in [-0.15, -0.1) is 0 Å². The molecule has 1 aliphatic rings. The SMILES string of the molecule is CC(C)N(Cc1ccccc1)c1ccnc(C(=O)NC2CCS(=O)(=O)C2)c1. The second kappa shape index (κ2) is 8.08. The molecule has 1 saturated heterocycles. The van der Waals surface area contributed by atoms with E-state index < -0.39 is 9.84 Å². The van der Waals surface area contributed by atoms with Gasteiger partial charge < -0.3 is 10.2 Å². The van der Waals surface area contributed by atoms with Gasteiger partial charge >= 0.3 is 0 Å². The summed E-state index contributed by atoms with van der Waals surface area (Å²) >= 11 is 0. The summed E-state index contributed by atoms with van der Waals surface area (Å²) in [5.74, 6) is -0.198. The van der Waals surface area contributed by atoms with Crippen LogP contribution in [0.3, 0.4) is 0 Å². The third kappa shape index (κ3) is 5.07. The summed E-state index contributed by atoms with van der Waals surface area (Å²) in [5, 5.41) is 2.80. The molecular formula is C20H25N3O3S. The Morgan fingerprint density at radius 1 is 1.26 bits per heavy atom. The molecule has 2 heterocycles. The van der Waals surface area contributed by atoms with Crippen LogP contribution in [0.1, 0.15) is 36.3 Å². The molecule has 27 heavy (non-hydrogen) atoms. The smallest absolute Gasteiger partial charge is 0.270 e. The minimum atomic E-state index is -3.03. The van der Waals surface area contributed by atoms with E-state index in [0.29, 0.717) is 12.1 Å². The highest BCUT2D eigenvalue weighted by atomic mass is 32.2. The van der Waals surface area contributed by atoms with Crippen molar-refractivity contribution in [3.05, 3.63) is 59.9 Å². The Labute approximate surface area is 160 Å². The number of nitrogens with zero attached hydrogens (tertiary/aromatic N) is 2. The molecule has 2 aromatic rings. The standard InChI is InChI=1S/C20H25N3O3S/c1-15(2)23(13-16-6-4-3-5-7-16)18-8-10-21-19(12-18)20(24)22-17-9-11-27(25,26)14-17/h3-8,10,12,15,17H,9,11,13-14H2,1-2H3,(H,22,24). The molecule has 1 aromatic heterocycles. The molecule has 1 atom stereocenters. The van der Waals surface area contributed by atoms with Gasteiger partial charge in [-0.3, -0.25) is 9.78 Å². The van der Waals surface area contributed by atoms with Crippen molar-refractivity contribution in [1.82, 2.24) is 10.3 Å². The number of aromatic nitrogens is 1. The van der Waals surface area contributed by atoms with Crippen molar-refractivity contribution >= 4 is 21.4 Å². The minimum Gasteiger partial charge on any atom is -0.365 e. The maximum atomic E-state index is 12.5.